The molecule has 2 aromatic carbocycles. The van der Waals surface area contributed by atoms with Crippen molar-refractivity contribution in [2.75, 3.05) is 0 Å². The van der Waals surface area contributed by atoms with Crippen LogP contribution in [0.4, 0.5) is 0 Å². The second-order valence-electron chi connectivity index (χ2n) is 9.27. The van der Waals surface area contributed by atoms with Gasteiger partial charge >= 0.3 is 0 Å². The average molecular weight is 499 g/mol. The molecule has 36 heavy (non-hydrogen) atoms. The van der Waals surface area contributed by atoms with Crippen molar-refractivity contribution < 1.29 is 4.79 Å². The number of fused-ring (bicyclic) bond motifs is 1. The number of nitrogens with one attached hydrogen (secondary N) is 1. The van der Waals surface area contributed by atoms with Crippen LogP contribution >= 0.6 is 11.8 Å². The first-order chi connectivity index (χ1) is 17.7. The van der Waals surface area contributed by atoms with Gasteiger partial charge in [0, 0.05) is 36.3 Å². The molecule has 1 amide bonds. The minimum atomic E-state index is -0.0927. The molecule has 5 rings (SSSR count). The number of hydrogen-bond donors (Lipinski definition) is 1. The van der Waals surface area contributed by atoms with Gasteiger partial charge in [-0.3, -0.25) is 19.1 Å². The largest absolute Gasteiger partial charge is 0.349 e. The molecule has 2 heterocycles. The van der Waals surface area contributed by atoms with E-state index in [0.29, 0.717) is 33.9 Å². The Morgan fingerprint density at radius 1 is 0.972 bits per heavy atom. The predicted molar refractivity (Wildman–Crippen MR) is 144 cm³/mol. The van der Waals surface area contributed by atoms with E-state index in [0.717, 1.165) is 37.7 Å². The van der Waals surface area contributed by atoms with Crippen LogP contribution in [-0.4, -0.2) is 26.5 Å². The highest BCUT2D eigenvalue weighted by Gasteiger charge is 2.18. The topological polar surface area (TPSA) is 76.9 Å². The van der Waals surface area contributed by atoms with Crippen molar-refractivity contribution in [2.45, 2.75) is 62.0 Å². The number of amides is 1. The Bertz CT molecular complexity index is 1380. The summed E-state index contributed by atoms with van der Waals surface area (Å²) in [5.41, 5.74) is 3.31. The summed E-state index contributed by atoms with van der Waals surface area (Å²) in [5.74, 6) is 0.582. The van der Waals surface area contributed by atoms with Crippen LogP contribution in [0.2, 0.25) is 0 Å². The van der Waals surface area contributed by atoms with E-state index in [1.807, 2.05) is 30.3 Å². The second kappa shape index (κ2) is 11.5. The highest BCUT2D eigenvalue weighted by molar-refractivity contribution is 7.98. The third-order valence-electron chi connectivity index (χ3n) is 6.71. The fourth-order valence-corrected chi connectivity index (χ4v) is 5.66. The number of rotatable bonds is 8. The zero-order valence-corrected chi connectivity index (χ0v) is 21.0. The quantitative estimate of drug-likeness (QED) is 0.260. The first-order valence-corrected chi connectivity index (χ1v) is 13.6. The average Bonchev–Trinajstić information content (AvgIpc) is 2.93. The van der Waals surface area contributed by atoms with Crippen molar-refractivity contribution in [2.24, 2.45) is 0 Å². The third-order valence-corrected chi connectivity index (χ3v) is 7.75. The fraction of sp³-hybridized carbons (Fsp3) is 0.310. The Morgan fingerprint density at radius 3 is 2.53 bits per heavy atom. The van der Waals surface area contributed by atoms with Crippen molar-refractivity contribution in [1.29, 1.82) is 0 Å². The molecule has 0 radical (unpaired) electrons. The smallest absolute Gasteiger partial charge is 0.262 e. The molecular formula is C29H30N4O2S. The number of nitrogens with zero attached hydrogens (tertiary/aromatic N) is 3. The molecule has 1 aliphatic carbocycles. The van der Waals surface area contributed by atoms with Crippen molar-refractivity contribution in [3.05, 3.63) is 100 Å². The van der Waals surface area contributed by atoms with E-state index in [-0.39, 0.29) is 17.5 Å². The molecule has 1 aliphatic rings. The third kappa shape index (κ3) is 5.85. The summed E-state index contributed by atoms with van der Waals surface area (Å²) in [6.45, 7) is 0.536. The fourth-order valence-electron chi connectivity index (χ4n) is 4.68. The van der Waals surface area contributed by atoms with Gasteiger partial charge in [0.05, 0.1) is 10.9 Å². The lowest BCUT2D eigenvalue weighted by Crippen LogP contribution is -2.36. The van der Waals surface area contributed by atoms with Crippen LogP contribution in [0.5, 0.6) is 0 Å². The molecule has 2 aromatic heterocycles. The standard InChI is InChI=1S/C29H30N4O2S/c34-27(31-24-9-5-2-6-10-24)23-11-12-25-26(19-23)32-29(36-20-22-13-16-30-17-14-22)33(28(25)35)18-15-21-7-3-1-4-8-21/h1,3-4,7-8,11-14,16-17,19,24H,2,5-6,9-10,15,18,20H2,(H,31,34). The zero-order chi connectivity index (χ0) is 24.7. The van der Waals surface area contributed by atoms with Crippen LogP contribution in [0.15, 0.2) is 83.0 Å². The molecule has 1 N–H and O–H groups in total. The summed E-state index contributed by atoms with van der Waals surface area (Å²) in [6.07, 6.45) is 9.88. The molecule has 0 atom stereocenters. The van der Waals surface area contributed by atoms with Crippen LogP contribution in [0.25, 0.3) is 10.9 Å². The summed E-state index contributed by atoms with van der Waals surface area (Å²) >= 11 is 1.53. The second-order valence-corrected chi connectivity index (χ2v) is 10.2. The number of aryl methyl sites for hydroxylation is 1. The molecule has 4 aromatic rings. The maximum absolute atomic E-state index is 13.6. The van der Waals surface area contributed by atoms with Gasteiger partial charge in [0.15, 0.2) is 5.16 Å². The van der Waals surface area contributed by atoms with E-state index in [1.165, 1.54) is 23.7 Å². The number of carbonyl (C=O) groups excluding carboxylic acids is 1. The highest BCUT2D eigenvalue weighted by atomic mass is 32.2. The van der Waals surface area contributed by atoms with Crippen LogP contribution in [0, 0.1) is 0 Å². The van der Waals surface area contributed by atoms with Gasteiger partial charge < -0.3 is 5.32 Å². The van der Waals surface area contributed by atoms with Crippen molar-refractivity contribution >= 4 is 28.6 Å². The molecule has 0 aliphatic heterocycles. The Kier molecular flexibility index (Phi) is 7.76. The summed E-state index contributed by atoms with van der Waals surface area (Å²) in [4.78, 5) is 35.5. The minimum absolute atomic E-state index is 0.0765. The number of benzene rings is 2. The summed E-state index contributed by atoms with van der Waals surface area (Å²) in [7, 11) is 0. The van der Waals surface area contributed by atoms with Crippen LogP contribution in [0.1, 0.15) is 53.6 Å². The van der Waals surface area contributed by atoms with Gasteiger partial charge in [-0.05, 0) is 60.7 Å². The van der Waals surface area contributed by atoms with E-state index in [2.05, 4.69) is 22.4 Å². The van der Waals surface area contributed by atoms with E-state index < -0.39 is 0 Å². The van der Waals surface area contributed by atoms with Crippen molar-refractivity contribution in [3.63, 3.8) is 0 Å². The minimum Gasteiger partial charge on any atom is -0.349 e. The van der Waals surface area contributed by atoms with Gasteiger partial charge in [0.1, 0.15) is 0 Å². The highest BCUT2D eigenvalue weighted by Crippen LogP contribution is 2.23. The normalized spacial score (nSPS) is 14.1. The lowest BCUT2D eigenvalue weighted by atomic mass is 9.95. The van der Waals surface area contributed by atoms with Gasteiger partial charge in [-0.25, -0.2) is 4.98 Å². The summed E-state index contributed by atoms with van der Waals surface area (Å²) in [6, 6.07) is 19.6. The molecular weight excluding hydrogens is 468 g/mol. The van der Waals surface area contributed by atoms with Gasteiger partial charge in [0.2, 0.25) is 0 Å². The number of pyridine rings is 1. The Hall–Kier alpha value is -3.45. The maximum atomic E-state index is 13.6. The van der Waals surface area contributed by atoms with Gasteiger partial charge in [-0.1, -0.05) is 61.4 Å². The lowest BCUT2D eigenvalue weighted by Gasteiger charge is -2.22. The zero-order valence-electron chi connectivity index (χ0n) is 20.2. The monoisotopic (exact) mass is 498 g/mol. The summed E-state index contributed by atoms with van der Waals surface area (Å²) in [5, 5.41) is 4.35. The first-order valence-electron chi connectivity index (χ1n) is 12.6. The van der Waals surface area contributed by atoms with Crippen LogP contribution in [-0.2, 0) is 18.7 Å². The SMILES string of the molecule is O=C(NC1CCCCC1)c1ccc2c(=O)n(CCc3ccccc3)c(SCc3ccncc3)nc2c1. The van der Waals surface area contributed by atoms with Crippen LogP contribution < -0.4 is 10.9 Å². The van der Waals surface area contributed by atoms with Crippen LogP contribution in [0.3, 0.4) is 0 Å². The molecule has 6 nitrogen and oxygen atoms in total. The number of carbonyl (C=O) groups is 1. The summed E-state index contributed by atoms with van der Waals surface area (Å²) < 4.78 is 1.77. The maximum Gasteiger partial charge on any atom is 0.262 e. The van der Waals surface area contributed by atoms with Gasteiger partial charge in [-0.15, -0.1) is 0 Å². The Balaban J connectivity index is 1.45. The molecule has 184 valence electrons. The Morgan fingerprint density at radius 2 is 1.75 bits per heavy atom. The number of thioether (sulfide) groups is 1. The van der Waals surface area contributed by atoms with Gasteiger partial charge in [-0.2, -0.15) is 0 Å². The molecule has 0 bridgehead atoms. The van der Waals surface area contributed by atoms with Crippen molar-refractivity contribution in [1.82, 2.24) is 19.9 Å². The van der Waals surface area contributed by atoms with E-state index in [9.17, 15) is 9.59 Å². The molecule has 0 unspecified atom stereocenters. The molecule has 0 saturated heterocycles. The molecule has 1 saturated carbocycles. The van der Waals surface area contributed by atoms with E-state index in [1.54, 1.807) is 35.2 Å². The predicted octanol–water partition coefficient (Wildman–Crippen LogP) is 5.39. The Labute approximate surface area is 215 Å². The molecule has 7 heteroatoms. The lowest BCUT2D eigenvalue weighted by molar-refractivity contribution is 0.0928. The van der Waals surface area contributed by atoms with E-state index in [4.69, 9.17) is 4.98 Å². The molecule has 0 spiro atoms. The van der Waals surface area contributed by atoms with Crippen molar-refractivity contribution in [3.8, 4) is 0 Å². The van der Waals surface area contributed by atoms with Gasteiger partial charge in [0.25, 0.3) is 11.5 Å². The number of aromatic nitrogens is 3. The first kappa shape index (κ1) is 24.3. The number of hydrogen-bond acceptors (Lipinski definition) is 5. The van der Waals surface area contributed by atoms with E-state index >= 15 is 0 Å². The molecule has 1 fully saturated rings.